The van der Waals surface area contributed by atoms with Crippen molar-refractivity contribution in [3.8, 4) is 0 Å². The van der Waals surface area contributed by atoms with E-state index in [0.717, 1.165) is 27.8 Å². The van der Waals surface area contributed by atoms with Crippen molar-refractivity contribution in [3.05, 3.63) is 47.7 Å². The van der Waals surface area contributed by atoms with E-state index in [1.54, 1.807) is 6.26 Å². The highest BCUT2D eigenvalue weighted by Gasteiger charge is 2.31. The van der Waals surface area contributed by atoms with Crippen LogP contribution in [0.3, 0.4) is 0 Å². The van der Waals surface area contributed by atoms with Crippen molar-refractivity contribution < 1.29 is 14.0 Å². The zero-order valence-corrected chi connectivity index (χ0v) is 13.4. The zero-order valence-electron chi connectivity index (χ0n) is 13.4. The fraction of sp³-hybridized carbons (Fsp3) is 0.333. The highest BCUT2D eigenvalue weighted by atomic mass is 16.3. The third-order valence-corrected chi connectivity index (χ3v) is 5.50. The average Bonchev–Trinajstić information content (AvgIpc) is 3.34. The molecule has 1 unspecified atom stereocenters. The number of furan rings is 1. The minimum atomic E-state index is -0.211. The molecule has 0 radical (unpaired) electrons. The Morgan fingerprint density at radius 3 is 2.67 bits per heavy atom. The van der Waals surface area contributed by atoms with E-state index in [1.807, 2.05) is 6.07 Å². The quantitative estimate of drug-likeness (QED) is 0.633. The fourth-order valence-corrected chi connectivity index (χ4v) is 4.04. The van der Waals surface area contributed by atoms with Crippen molar-refractivity contribution in [1.82, 2.24) is 0 Å². The van der Waals surface area contributed by atoms with Gasteiger partial charge in [0.05, 0.1) is 12.7 Å². The topological polar surface area (TPSA) is 47.3 Å². The van der Waals surface area contributed by atoms with Crippen LogP contribution in [0.4, 0.5) is 0 Å². The lowest BCUT2D eigenvalue weighted by molar-refractivity contribution is -0.130. The van der Waals surface area contributed by atoms with Gasteiger partial charge in [0.1, 0.15) is 17.1 Å². The van der Waals surface area contributed by atoms with Gasteiger partial charge in [-0.1, -0.05) is 24.3 Å². The van der Waals surface area contributed by atoms with Gasteiger partial charge in [-0.15, -0.1) is 0 Å². The van der Waals surface area contributed by atoms with Crippen LogP contribution in [-0.2, 0) is 9.59 Å². The molecule has 0 amide bonds. The molecule has 3 nitrogen and oxygen atoms in total. The number of benzene rings is 2. The van der Waals surface area contributed by atoms with E-state index >= 15 is 0 Å². The molecule has 2 aliphatic rings. The maximum Gasteiger partial charge on any atom is 0.147 e. The Kier molecular flexibility index (Phi) is 2.93. The molecule has 0 aliphatic heterocycles. The van der Waals surface area contributed by atoms with Gasteiger partial charge in [0.2, 0.25) is 0 Å². The summed E-state index contributed by atoms with van der Waals surface area (Å²) in [5.41, 5.74) is 3.18. The molecule has 120 valence electrons. The predicted octanol–water partition coefficient (Wildman–Crippen LogP) is 4.87. The SMILES string of the molecule is O=C1CCC(c2coc3ccc4cc(C5CC5)ccc4c23)C(=O)C1. The molecule has 1 aromatic heterocycles. The maximum atomic E-state index is 12.4. The molecule has 2 fully saturated rings. The molecule has 0 spiro atoms. The Morgan fingerprint density at radius 1 is 1.00 bits per heavy atom. The van der Waals surface area contributed by atoms with Gasteiger partial charge in [-0.2, -0.15) is 0 Å². The number of ketones is 2. The van der Waals surface area contributed by atoms with Crippen LogP contribution in [-0.4, -0.2) is 11.6 Å². The minimum absolute atomic E-state index is 0.0283. The summed E-state index contributed by atoms with van der Waals surface area (Å²) in [5, 5.41) is 3.39. The largest absolute Gasteiger partial charge is 0.464 e. The maximum absolute atomic E-state index is 12.4. The standard InChI is InChI=1S/C21H18O3/c22-15-5-7-17(19(23)10-15)18-11-24-20-8-4-14-9-13(12-1-2-12)3-6-16(14)21(18)20/h3-4,6,8-9,11-12,17H,1-2,5,7,10H2. The molecule has 1 heterocycles. The first-order valence-electron chi connectivity index (χ1n) is 8.69. The van der Waals surface area contributed by atoms with E-state index in [2.05, 4.69) is 24.3 Å². The van der Waals surface area contributed by atoms with Gasteiger partial charge in [0, 0.05) is 23.3 Å². The van der Waals surface area contributed by atoms with Crippen LogP contribution in [0.15, 0.2) is 41.0 Å². The van der Waals surface area contributed by atoms with Gasteiger partial charge in [-0.05, 0) is 47.6 Å². The Bertz CT molecular complexity index is 991. The summed E-state index contributed by atoms with van der Waals surface area (Å²) in [6.07, 6.45) is 5.44. The van der Waals surface area contributed by atoms with E-state index in [4.69, 9.17) is 4.42 Å². The highest BCUT2D eigenvalue weighted by molar-refractivity contribution is 6.11. The van der Waals surface area contributed by atoms with Gasteiger partial charge >= 0.3 is 0 Å². The number of fused-ring (bicyclic) bond motifs is 3. The summed E-state index contributed by atoms with van der Waals surface area (Å²) in [6, 6.07) is 10.8. The van der Waals surface area contributed by atoms with Crippen molar-refractivity contribution in [3.63, 3.8) is 0 Å². The Balaban J connectivity index is 1.69. The van der Waals surface area contributed by atoms with E-state index in [0.29, 0.717) is 12.8 Å². The number of hydrogen-bond donors (Lipinski definition) is 0. The third kappa shape index (κ3) is 2.11. The van der Waals surface area contributed by atoms with Crippen LogP contribution in [0.1, 0.15) is 55.1 Å². The average molecular weight is 318 g/mol. The van der Waals surface area contributed by atoms with E-state index in [-0.39, 0.29) is 23.9 Å². The molecular formula is C21H18O3. The fourth-order valence-electron chi connectivity index (χ4n) is 4.04. The minimum Gasteiger partial charge on any atom is -0.464 e. The van der Waals surface area contributed by atoms with Gasteiger partial charge < -0.3 is 4.42 Å². The van der Waals surface area contributed by atoms with Gasteiger partial charge in [-0.25, -0.2) is 0 Å². The normalized spacial score (nSPS) is 21.8. The molecule has 0 bridgehead atoms. The molecule has 1 atom stereocenters. The monoisotopic (exact) mass is 318 g/mol. The number of rotatable bonds is 2. The molecule has 0 N–H and O–H groups in total. The second kappa shape index (κ2) is 5.04. The summed E-state index contributed by atoms with van der Waals surface area (Å²) < 4.78 is 5.74. The summed E-state index contributed by atoms with van der Waals surface area (Å²) in [5.74, 6) is 0.598. The van der Waals surface area contributed by atoms with E-state index in [1.165, 1.54) is 23.8 Å². The molecule has 2 aromatic carbocycles. The third-order valence-electron chi connectivity index (χ3n) is 5.50. The first-order chi connectivity index (χ1) is 11.7. The van der Waals surface area contributed by atoms with Crippen LogP contribution in [0.25, 0.3) is 21.7 Å². The predicted molar refractivity (Wildman–Crippen MR) is 92.3 cm³/mol. The number of hydrogen-bond acceptors (Lipinski definition) is 3. The molecular weight excluding hydrogens is 300 g/mol. The van der Waals surface area contributed by atoms with Crippen molar-refractivity contribution in [1.29, 1.82) is 0 Å². The Hall–Kier alpha value is -2.42. The molecule has 0 saturated heterocycles. The molecule has 2 saturated carbocycles. The van der Waals surface area contributed by atoms with Crippen LogP contribution in [0.5, 0.6) is 0 Å². The van der Waals surface area contributed by atoms with E-state index < -0.39 is 0 Å². The lowest BCUT2D eigenvalue weighted by Gasteiger charge is -2.19. The second-order valence-corrected chi connectivity index (χ2v) is 7.16. The second-order valence-electron chi connectivity index (χ2n) is 7.16. The van der Waals surface area contributed by atoms with Crippen molar-refractivity contribution >= 4 is 33.3 Å². The van der Waals surface area contributed by atoms with Gasteiger partial charge in [0.25, 0.3) is 0 Å². The summed E-state index contributed by atoms with van der Waals surface area (Å²) in [6.45, 7) is 0. The first kappa shape index (κ1) is 14.0. The van der Waals surface area contributed by atoms with Crippen molar-refractivity contribution in [2.75, 3.05) is 0 Å². The summed E-state index contributed by atoms with van der Waals surface area (Å²) in [4.78, 5) is 23.9. The molecule has 5 rings (SSSR count). The van der Waals surface area contributed by atoms with Crippen LogP contribution in [0, 0.1) is 0 Å². The first-order valence-corrected chi connectivity index (χ1v) is 8.69. The van der Waals surface area contributed by atoms with Gasteiger partial charge in [-0.3, -0.25) is 9.59 Å². The summed E-state index contributed by atoms with van der Waals surface area (Å²) >= 11 is 0. The molecule has 3 heteroatoms. The Morgan fingerprint density at radius 2 is 1.88 bits per heavy atom. The molecule has 24 heavy (non-hydrogen) atoms. The lowest BCUT2D eigenvalue weighted by atomic mass is 9.81. The zero-order chi connectivity index (χ0) is 16.3. The van der Waals surface area contributed by atoms with Gasteiger partial charge in [0.15, 0.2) is 0 Å². The van der Waals surface area contributed by atoms with Crippen molar-refractivity contribution in [2.24, 2.45) is 0 Å². The molecule has 2 aliphatic carbocycles. The number of carbonyl (C=O) groups is 2. The van der Waals surface area contributed by atoms with Crippen LogP contribution >= 0.6 is 0 Å². The number of Topliss-reactive ketones (excluding diaryl/α,β-unsaturated/α-hetero) is 2. The number of carbonyl (C=O) groups excluding carboxylic acids is 2. The smallest absolute Gasteiger partial charge is 0.147 e. The lowest BCUT2D eigenvalue weighted by Crippen LogP contribution is -2.22. The van der Waals surface area contributed by atoms with Crippen LogP contribution in [0.2, 0.25) is 0 Å². The van der Waals surface area contributed by atoms with E-state index in [9.17, 15) is 9.59 Å². The van der Waals surface area contributed by atoms with Crippen LogP contribution < -0.4 is 0 Å². The molecule has 3 aromatic rings. The summed E-state index contributed by atoms with van der Waals surface area (Å²) in [7, 11) is 0. The van der Waals surface area contributed by atoms with Crippen molar-refractivity contribution in [2.45, 2.75) is 43.9 Å². The Labute approximate surface area is 139 Å². The highest BCUT2D eigenvalue weighted by Crippen LogP contribution is 2.43.